The second-order valence-corrected chi connectivity index (χ2v) is 8.27. The van der Waals surface area contributed by atoms with Crippen LogP contribution in [-0.2, 0) is 20.8 Å². The standard InChI is InChI=1S/C25H25NO5/c1-29-24(27)16-8-9-18-20(12-16)26-14-17(25(28)30-2)13-21-19(10-11-31-21)23(26)22(18)15-6-4-3-5-7-15/h8-13,15H,3-7,14H2,1-2H3. The van der Waals surface area contributed by atoms with Gasteiger partial charge in [0.15, 0.2) is 0 Å². The summed E-state index contributed by atoms with van der Waals surface area (Å²) in [5.41, 5.74) is 5.24. The summed E-state index contributed by atoms with van der Waals surface area (Å²) in [4.78, 5) is 24.8. The Labute approximate surface area is 180 Å². The van der Waals surface area contributed by atoms with Crippen LogP contribution < -0.4 is 0 Å². The Morgan fingerprint density at radius 3 is 2.55 bits per heavy atom. The first-order chi connectivity index (χ1) is 15.1. The number of methoxy groups -OCH3 is 2. The van der Waals surface area contributed by atoms with E-state index in [-0.39, 0.29) is 11.9 Å². The minimum atomic E-state index is -0.389. The maximum absolute atomic E-state index is 12.5. The third-order valence-corrected chi connectivity index (χ3v) is 6.57. The second kappa shape index (κ2) is 7.76. The third-order valence-electron chi connectivity index (χ3n) is 6.57. The molecule has 6 nitrogen and oxygen atoms in total. The topological polar surface area (TPSA) is 70.7 Å². The molecule has 0 amide bonds. The zero-order valence-corrected chi connectivity index (χ0v) is 17.8. The molecule has 0 atom stereocenters. The molecule has 0 radical (unpaired) electrons. The van der Waals surface area contributed by atoms with Crippen LogP contribution in [0.3, 0.4) is 0 Å². The zero-order valence-electron chi connectivity index (χ0n) is 17.8. The average Bonchev–Trinajstić information content (AvgIpc) is 3.35. The summed E-state index contributed by atoms with van der Waals surface area (Å²) in [6.45, 7) is 0.347. The Bertz CT molecular complexity index is 1210. The molecule has 3 aromatic rings. The number of nitrogens with zero attached hydrogens (tertiary/aromatic N) is 1. The normalized spacial score (nSPS) is 16.3. The lowest BCUT2D eigenvalue weighted by atomic mass is 9.82. The Kier molecular flexibility index (Phi) is 4.93. The van der Waals surface area contributed by atoms with E-state index in [1.807, 2.05) is 24.3 Å². The molecule has 1 saturated carbocycles. The van der Waals surface area contributed by atoms with Gasteiger partial charge in [0.2, 0.25) is 0 Å². The van der Waals surface area contributed by atoms with Crippen molar-refractivity contribution < 1.29 is 23.5 Å². The van der Waals surface area contributed by atoms with Gasteiger partial charge in [-0.2, -0.15) is 0 Å². The summed E-state index contributed by atoms with van der Waals surface area (Å²) in [6.07, 6.45) is 9.39. The van der Waals surface area contributed by atoms with Crippen LogP contribution in [0.1, 0.15) is 59.7 Å². The minimum Gasteiger partial charge on any atom is -0.466 e. The lowest BCUT2D eigenvalue weighted by molar-refractivity contribution is -0.136. The van der Waals surface area contributed by atoms with Gasteiger partial charge >= 0.3 is 11.9 Å². The number of carbonyl (C=O) groups excluding carboxylic acids is 2. The molecule has 31 heavy (non-hydrogen) atoms. The third kappa shape index (κ3) is 3.17. The van der Waals surface area contributed by atoms with Gasteiger partial charge in [-0.3, -0.25) is 0 Å². The smallest absolute Gasteiger partial charge is 0.337 e. The summed E-state index contributed by atoms with van der Waals surface area (Å²) in [5.74, 6) is 0.324. The number of hydrogen-bond donors (Lipinski definition) is 0. The van der Waals surface area contributed by atoms with Crippen molar-refractivity contribution in [3.05, 3.63) is 53.0 Å². The molecule has 1 aromatic carbocycles. The van der Waals surface area contributed by atoms with Crippen LogP contribution in [0.5, 0.6) is 0 Å². The molecule has 1 aliphatic heterocycles. The van der Waals surface area contributed by atoms with Crippen molar-refractivity contribution in [2.45, 2.75) is 44.6 Å². The predicted molar refractivity (Wildman–Crippen MR) is 117 cm³/mol. The molecule has 0 saturated heterocycles. The van der Waals surface area contributed by atoms with Gasteiger partial charge in [-0.05, 0) is 48.6 Å². The number of rotatable bonds is 3. The van der Waals surface area contributed by atoms with Crippen molar-refractivity contribution in [3.63, 3.8) is 0 Å². The molecule has 0 spiro atoms. The molecule has 1 aliphatic carbocycles. The van der Waals surface area contributed by atoms with Crippen LogP contribution in [0.25, 0.3) is 28.2 Å². The number of hydrogen-bond acceptors (Lipinski definition) is 5. The Morgan fingerprint density at radius 1 is 1.03 bits per heavy atom. The van der Waals surface area contributed by atoms with Crippen LogP contribution in [0, 0.1) is 0 Å². The van der Waals surface area contributed by atoms with Gasteiger partial charge in [-0.25, -0.2) is 9.59 Å². The molecular weight excluding hydrogens is 394 g/mol. The first-order valence-electron chi connectivity index (χ1n) is 10.7. The average molecular weight is 419 g/mol. The number of carbonyl (C=O) groups is 2. The van der Waals surface area contributed by atoms with E-state index in [4.69, 9.17) is 13.9 Å². The molecule has 0 unspecified atom stereocenters. The maximum atomic E-state index is 12.5. The molecule has 0 N–H and O–H groups in total. The highest BCUT2D eigenvalue weighted by Gasteiger charge is 2.31. The van der Waals surface area contributed by atoms with E-state index in [2.05, 4.69) is 4.57 Å². The number of ether oxygens (including phenoxy) is 2. The van der Waals surface area contributed by atoms with E-state index in [1.54, 1.807) is 12.3 Å². The van der Waals surface area contributed by atoms with Crippen molar-refractivity contribution >= 4 is 28.9 Å². The van der Waals surface area contributed by atoms with Crippen LogP contribution in [0.4, 0.5) is 0 Å². The van der Waals surface area contributed by atoms with E-state index in [1.165, 1.54) is 39.0 Å². The summed E-state index contributed by atoms with van der Waals surface area (Å²) in [7, 11) is 2.77. The first kappa shape index (κ1) is 19.7. The highest BCUT2D eigenvalue weighted by molar-refractivity contribution is 6.01. The molecule has 0 bridgehead atoms. The van der Waals surface area contributed by atoms with Crippen LogP contribution >= 0.6 is 0 Å². The molecule has 2 aromatic heterocycles. The fourth-order valence-corrected chi connectivity index (χ4v) is 5.14. The van der Waals surface area contributed by atoms with Gasteiger partial charge < -0.3 is 18.5 Å². The molecule has 5 rings (SSSR count). The van der Waals surface area contributed by atoms with Crippen LogP contribution in [0.2, 0.25) is 0 Å². The number of fused-ring (bicyclic) bond motifs is 5. The van der Waals surface area contributed by atoms with Crippen LogP contribution in [0.15, 0.2) is 40.5 Å². The highest BCUT2D eigenvalue weighted by atomic mass is 16.5. The molecule has 2 aliphatic rings. The molecule has 160 valence electrons. The van der Waals surface area contributed by atoms with Crippen molar-refractivity contribution in [3.8, 4) is 11.3 Å². The van der Waals surface area contributed by atoms with Gasteiger partial charge in [0.05, 0.1) is 43.9 Å². The van der Waals surface area contributed by atoms with Crippen molar-refractivity contribution in [2.75, 3.05) is 14.2 Å². The van der Waals surface area contributed by atoms with Gasteiger partial charge in [0.1, 0.15) is 5.76 Å². The maximum Gasteiger partial charge on any atom is 0.337 e. The van der Waals surface area contributed by atoms with E-state index < -0.39 is 0 Å². The minimum absolute atomic E-state index is 0.347. The number of esters is 2. The molecule has 6 heteroatoms. The molecular formula is C25H25NO5. The van der Waals surface area contributed by atoms with E-state index in [0.717, 1.165) is 35.0 Å². The van der Waals surface area contributed by atoms with E-state index in [9.17, 15) is 9.59 Å². The molecule has 1 fully saturated rings. The summed E-state index contributed by atoms with van der Waals surface area (Å²) in [5, 5.41) is 1.12. The van der Waals surface area contributed by atoms with Crippen molar-refractivity contribution in [1.82, 2.24) is 4.57 Å². The number of benzene rings is 1. The molecule has 3 heterocycles. The lowest BCUT2D eigenvalue weighted by Crippen LogP contribution is -2.12. The largest absolute Gasteiger partial charge is 0.466 e. The fourth-order valence-electron chi connectivity index (χ4n) is 5.14. The Balaban J connectivity index is 1.82. The Hall–Kier alpha value is -3.28. The monoisotopic (exact) mass is 419 g/mol. The summed E-state index contributed by atoms with van der Waals surface area (Å²) >= 11 is 0. The zero-order chi connectivity index (χ0) is 21.5. The van der Waals surface area contributed by atoms with E-state index in [0.29, 0.717) is 29.4 Å². The van der Waals surface area contributed by atoms with E-state index >= 15 is 0 Å². The quantitative estimate of drug-likeness (QED) is 0.539. The summed E-state index contributed by atoms with van der Waals surface area (Å²) < 4.78 is 17.9. The first-order valence-corrected chi connectivity index (χ1v) is 10.7. The Morgan fingerprint density at radius 2 is 1.81 bits per heavy atom. The van der Waals surface area contributed by atoms with Crippen molar-refractivity contribution in [1.29, 1.82) is 0 Å². The summed E-state index contributed by atoms with van der Waals surface area (Å²) in [6, 6.07) is 7.68. The predicted octanol–water partition coefficient (Wildman–Crippen LogP) is 5.31. The second-order valence-electron chi connectivity index (χ2n) is 8.27. The van der Waals surface area contributed by atoms with Gasteiger partial charge in [0.25, 0.3) is 0 Å². The van der Waals surface area contributed by atoms with Gasteiger partial charge in [-0.1, -0.05) is 25.3 Å². The SMILES string of the molecule is COC(=O)C1=Cc2occc2-c2c(C3CCCCC3)c3ccc(C(=O)OC)cc3n2C1. The van der Waals surface area contributed by atoms with Gasteiger partial charge in [-0.15, -0.1) is 0 Å². The van der Waals surface area contributed by atoms with Crippen LogP contribution in [-0.4, -0.2) is 30.7 Å². The van der Waals surface area contributed by atoms with Gasteiger partial charge in [0, 0.05) is 16.5 Å². The van der Waals surface area contributed by atoms with Crippen molar-refractivity contribution in [2.24, 2.45) is 0 Å². The fraction of sp³-hybridized carbons (Fsp3) is 0.360. The lowest BCUT2D eigenvalue weighted by Gasteiger charge is -2.23. The highest BCUT2D eigenvalue weighted by Crippen LogP contribution is 2.46. The number of aromatic nitrogens is 1. The number of furan rings is 1.